The predicted octanol–water partition coefficient (Wildman–Crippen LogP) is 12.2. The van der Waals surface area contributed by atoms with E-state index >= 15 is 0 Å². The number of carbonyl (C=O) groups excluding carboxylic acids is 4. The maximum atomic E-state index is 12.8. The molecule has 2 aliphatic heterocycles. The number of nitrogens with zero attached hydrogens (tertiary/aromatic N) is 6. The molecule has 0 aliphatic carbocycles. The summed E-state index contributed by atoms with van der Waals surface area (Å²) in [5, 5.41) is 3.37. The molecule has 0 saturated carbocycles. The Morgan fingerprint density at radius 3 is 1.39 bits per heavy atom. The molecule has 8 rings (SSSR count). The molecular weight excluding hydrogens is 1160 g/mol. The van der Waals surface area contributed by atoms with Gasteiger partial charge in [0.25, 0.3) is 0 Å². The van der Waals surface area contributed by atoms with Crippen molar-refractivity contribution in [1.29, 1.82) is 0 Å². The number of amides is 2. The minimum absolute atomic E-state index is 0. The van der Waals surface area contributed by atoms with E-state index in [-0.39, 0.29) is 29.7 Å². The summed E-state index contributed by atoms with van der Waals surface area (Å²) in [5.41, 5.74) is 8.72. The fourth-order valence-corrected chi connectivity index (χ4v) is 10.3. The van der Waals surface area contributed by atoms with Crippen LogP contribution in [0.1, 0.15) is 60.2 Å². The fourth-order valence-electron chi connectivity index (χ4n) is 8.73. The van der Waals surface area contributed by atoms with Gasteiger partial charge in [0.15, 0.2) is 0 Å². The number of carbonyl (C=O) groups is 4. The quantitative estimate of drug-likeness (QED) is 0.0764. The van der Waals surface area contributed by atoms with Gasteiger partial charge in [-0.25, -0.2) is 39.1 Å². The topological polar surface area (TPSA) is 226 Å². The van der Waals surface area contributed by atoms with E-state index in [1.54, 1.807) is 66.1 Å². The first-order valence-corrected chi connectivity index (χ1v) is 26.4. The third kappa shape index (κ3) is 15.7. The number of methoxy groups -OCH3 is 6. The highest BCUT2D eigenvalue weighted by Gasteiger charge is 2.43. The molecule has 4 aromatic carbocycles. The Bertz CT molecular complexity index is 3180. The first kappa shape index (κ1) is 64.8. The average Bonchev–Trinajstić information content (AvgIpc) is 4.02. The van der Waals surface area contributed by atoms with Crippen LogP contribution in [0.3, 0.4) is 0 Å². The van der Waals surface area contributed by atoms with Crippen molar-refractivity contribution < 1.29 is 57.1 Å². The molecule has 4 atom stereocenters. The maximum Gasteiger partial charge on any atom is 0.411 e. The molecule has 2 saturated heterocycles. The van der Waals surface area contributed by atoms with Gasteiger partial charge in [-0.1, -0.05) is 58.5 Å². The average molecular weight is 1230 g/mol. The van der Waals surface area contributed by atoms with Gasteiger partial charge in [-0.3, -0.25) is 9.80 Å². The van der Waals surface area contributed by atoms with Crippen molar-refractivity contribution in [3.8, 4) is 45.3 Å². The number of nitrogens with two attached hydrogens (primary N) is 1. The van der Waals surface area contributed by atoms with Crippen LogP contribution in [0.15, 0.2) is 60.9 Å². The third-order valence-electron chi connectivity index (χ3n) is 12.3. The molecule has 2 amide bonds. The molecule has 432 valence electrons. The summed E-state index contributed by atoms with van der Waals surface area (Å²) in [7, 11) is 8.73. The standard InChI is InChI=1S/C28H31Cl2N3O6.C16H11Cl3N2O2.C11H20N2O4.ClH/c1-28(2,3)39-27(35)33-14-15(9-19(33)26(34)38-6)10-22-31-13-17-11-16(7-8-18(17)32-22)23-24(29)20(36-4)12-21(37-5)25(23)30;1-22-11-6-12(23-2)15(18)13(14(11)17)8-3-4-10-9(5-8)7-20-16(19)21-10;1-11(2,3)17-10(15)13-6-7(12)5-8(13)9(14)16-4;/h7-8,11-13,15,19H,9-10,14H2,1-6H3;3-7H,1-2H3;7-8H,5-6,12H2,1-4H3;1H/t15-,19+;;7-,8-;/m1.0./s1. The number of likely N-dealkylation sites (tertiary alicyclic amines) is 2. The Hall–Kier alpha value is -6.06. The molecule has 2 N–H and O–H groups in total. The van der Waals surface area contributed by atoms with Gasteiger partial charge in [-0.15, -0.1) is 12.4 Å². The molecule has 0 bridgehead atoms. The van der Waals surface area contributed by atoms with E-state index in [2.05, 4.69) is 19.7 Å². The third-order valence-corrected chi connectivity index (χ3v) is 14.0. The minimum Gasteiger partial charge on any atom is -0.495 e. The Morgan fingerprint density at radius 1 is 0.575 bits per heavy atom. The first-order chi connectivity index (χ1) is 37.2. The first-order valence-electron chi connectivity index (χ1n) is 24.5. The summed E-state index contributed by atoms with van der Waals surface area (Å²) >= 11 is 31.9. The van der Waals surface area contributed by atoms with E-state index in [1.807, 2.05) is 36.4 Å². The van der Waals surface area contributed by atoms with E-state index in [9.17, 15) is 19.2 Å². The van der Waals surface area contributed by atoms with Gasteiger partial charge in [0.2, 0.25) is 5.28 Å². The molecule has 6 aromatic rings. The molecule has 4 heterocycles. The Labute approximate surface area is 495 Å². The van der Waals surface area contributed by atoms with Crippen LogP contribution in [0.25, 0.3) is 44.1 Å². The zero-order valence-electron chi connectivity index (χ0n) is 46.1. The van der Waals surface area contributed by atoms with Crippen molar-refractivity contribution in [3.63, 3.8) is 0 Å². The number of ether oxygens (including phenoxy) is 8. The van der Waals surface area contributed by atoms with E-state index in [1.165, 1.54) is 52.5 Å². The van der Waals surface area contributed by atoms with Gasteiger partial charge in [0.05, 0.1) is 73.8 Å². The SMILES string of the molecule is COC(=O)[C@@H]1C[C@H](Cc2ncc3cc(-c4c(Cl)c(OC)cc(OC)c4Cl)ccc3n2)CN1C(=O)OC(C)(C)C.COC(=O)[C@@H]1C[C@H](N)CN1C(=O)OC(C)(C)C.COc1cc(OC)c(Cl)c(-c2ccc3nc(Cl)ncc3c2)c1Cl.Cl. The molecule has 2 fully saturated rings. The largest absolute Gasteiger partial charge is 0.495 e. The van der Waals surface area contributed by atoms with E-state index in [4.69, 9.17) is 102 Å². The second-order valence-corrected chi connectivity index (χ2v) is 22.0. The second-order valence-electron chi connectivity index (χ2n) is 20.2. The Balaban J connectivity index is 0.000000243. The molecule has 25 heteroatoms. The monoisotopic (exact) mass is 1220 g/mol. The molecule has 19 nitrogen and oxygen atoms in total. The van der Waals surface area contributed by atoms with Crippen LogP contribution in [0, 0.1) is 5.92 Å². The van der Waals surface area contributed by atoms with Gasteiger partial charge >= 0.3 is 24.1 Å². The summed E-state index contributed by atoms with van der Waals surface area (Å²) in [6.07, 6.45) is 3.63. The van der Waals surface area contributed by atoms with Gasteiger partial charge in [0, 0.05) is 72.0 Å². The Kier molecular flexibility index (Phi) is 22.3. The number of hydrogen-bond donors (Lipinski definition) is 1. The van der Waals surface area contributed by atoms with Gasteiger partial charge < -0.3 is 43.6 Å². The second kappa shape index (κ2) is 27.6. The van der Waals surface area contributed by atoms with Crippen molar-refractivity contribution in [3.05, 3.63) is 92.1 Å². The van der Waals surface area contributed by atoms with Crippen molar-refractivity contribution in [2.45, 2.75) is 90.1 Å². The van der Waals surface area contributed by atoms with Crippen molar-refractivity contribution in [2.24, 2.45) is 11.7 Å². The Morgan fingerprint density at radius 2 is 0.975 bits per heavy atom. The molecule has 0 spiro atoms. The van der Waals surface area contributed by atoms with E-state index in [0.717, 1.165) is 32.9 Å². The van der Waals surface area contributed by atoms with Crippen LogP contribution in [0.2, 0.25) is 25.4 Å². The van der Waals surface area contributed by atoms with Crippen molar-refractivity contribution in [1.82, 2.24) is 29.7 Å². The van der Waals surface area contributed by atoms with E-state index < -0.39 is 47.4 Å². The lowest BCUT2D eigenvalue weighted by molar-refractivity contribution is -0.146. The summed E-state index contributed by atoms with van der Waals surface area (Å²) in [6.45, 7) is 11.3. The van der Waals surface area contributed by atoms with Crippen molar-refractivity contribution >= 4 is 116 Å². The number of aromatic nitrogens is 4. The van der Waals surface area contributed by atoms with Crippen LogP contribution in [-0.4, -0.2) is 139 Å². The highest BCUT2D eigenvalue weighted by atomic mass is 35.5. The van der Waals surface area contributed by atoms with Crippen molar-refractivity contribution in [2.75, 3.05) is 55.7 Å². The molecule has 2 aliphatic rings. The number of rotatable bonds is 10. The van der Waals surface area contributed by atoms with Crippen LogP contribution in [0.5, 0.6) is 23.0 Å². The number of fused-ring (bicyclic) bond motifs is 2. The summed E-state index contributed by atoms with van der Waals surface area (Å²) < 4.78 is 41.7. The lowest BCUT2D eigenvalue weighted by atomic mass is 10.0. The van der Waals surface area contributed by atoms with Gasteiger partial charge in [0.1, 0.15) is 52.1 Å². The van der Waals surface area contributed by atoms with Gasteiger partial charge in [-0.05, 0) is 107 Å². The number of halogens is 6. The summed E-state index contributed by atoms with van der Waals surface area (Å²) in [6, 6.07) is 12.9. The normalized spacial score (nSPS) is 16.8. The highest BCUT2D eigenvalue weighted by molar-refractivity contribution is 6.42. The van der Waals surface area contributed by atoms with Crippen LogP contribution in [-0.2, 0) is 35.0 Å². The lowest BCUT2D eigenvalue weighted by Crippen LogP contribution is -2.44. The fraction of sp³-hybridized carbons (Fsp3) is 0.418. The zero-order chi connectivity index (χ0) is 58.3. The smallest absolute Gasteiger partial charge is 0.411 e. The molecule has 2 aromatic heterocycles. The predicted molar refractivity (Wildman–Crippen MR) is 310 cm³/mol. The van der Waals surface area contributed by atoms with Crippen LogP contribution >= 0.6 is 70.4 Å². The molecule has 0 unspecified atom stereocenters. The van der Waals surface area contributed by atoms with Gasteiger partial charge in [-0.2, -0.15) is 0 Å². The molecule has 80 heavy (non-hydrogen) atoms. The van der Waals surface area contributed by atoms with E-state index in [0.29, 0.717) is 92.4 Å². The summed E-state index contributed by atoms with van der Waals surface area (Å²) in [5.74, 6) is 1.49. The highest BCUT2D eigenvalue weighted by Crippen LogP contribution is 2.48. The van der Waals surface area contributed by atoms with Crippen LogP contribution < -0.4 is 24.7 Å². The molecule has 0 radical (unpaired) electrons. The molecular formula is C55H63Cl6N7O12. The maximum absolute atomic E-state index is 12.8. The summed E-state index contributed by atoms with van der Waals surface area (Å²) in [4.78, 5) is 68.8. The number of esters is 2. The minimum atomic E-state index is -0.716. The number of hydrogen-bond acceptors (Lipinski definition) is 17. The number of benzene rings is 4. The lowest BCUT2D eigenvalue weighted by Gasteiger charge is -2.27. The van der Waals surface area contributed by atoms with Crippen LogP contribution in [0.4, 0.5) is 9.59 Å². The zero-order valence-corrected chi connectivity index (χ0v) is 50.7.